The number of anilines is 1. The summed E-state index contributed by atoms with van der Waals surface area (Å²) in [5.41, 5.74) is 0.561. The van der Waals surface area contributed by atoms with Gasteiger partial charge in [0, 0.05) is 13.6 Å². The molecule has 1 saturated carbocycles. The van der Waals surface area contributed by atoms with E-state index < -0.39 is 0 Å². The van der Waals surface area contributed by atoms with Crippen LogP contribution >= 0.6 is 11.6 Å². The molecule has 2 amide bonds. The molecule has 0 aliphatic heterocycles. The molecule has 132 valence electrons. The Morgan fingerprint density at radius 1 is 1.25 bits per heavy atom. The number of benzene rings is 1. The fourth-order valence-electron chi connectivity index (χ4n) is 2.58. The maximum absolute atomic E-state index is 12.4. The van der Waals surface area contributed by atoms with Crippen molar-refractivity contribution >= 4 is 29.1 Å². The minimum Gasteiger partial charge on any atom is -0.335 e. The van der Waals surface area contributed by atoms with Crippen molar-refractivity contribution in [3.63, 3.8) is 0 Å². The maximum Gasteiger partial charge on any atom is 0.244 e. The second-order valence-corrected chi connectivity index (χ2v) is 6.86. The van der Waals surface area contributed by atoms with Crippen molar-refractivity contribution in [2.45, 2.75) is 26.2 Å². The number of rotatable bonds is 9. The summed E-state index contributed by atoms with van der Waals surface area (Å²) < 4.78 is 0. The van der Waals surface area contributed by atoms with E-state index in [-0.39, 0.29) is 18.4 Å². The number of nitrogens with zero attached hydrogens (tertiary/aromatic N) is 2. The van der Waals surface area contributed by atoms with E-state index in [1.807, 2.05) is 0 Å². The highest BCUT2D eigenvalue weighted by atomic mass is 35.5. The first kappa shape index (κ1) is 18.7. The molecule has 0 saturated heterocycles. The van der Waals surface area contributed by atoms with Gasteiger partial charge in [0.2, 0.25) is 11.8 Å². The Hall–Kier alpha value is -1.59. The first-order valence-corrected chi connectivity index (χ1v) is 8.88. The highest BCUT2D eigenvalue weighted by Gasteiger charge is 2.25. The van der Waals surface area contributed by atoms with Crippen molar-refractivity contribution in [2.24, 2.45) is 5.92 Å². The summed E-state index contributed by atoms with van der Waals surface area (Å²) in [6.45, 7) is 4.42. The Morgan fingerprint density at radius 3 is 2.58 bits per heavy atom. The van der Waals surface area contributed by atoms with Gasteiger partial charge in [-0.15, -0.1) is 0 Å². The van der Waals surface area contributed by atoms with Crippen molar-refractivity contribution in [3.8, 4) is 0 Å². The summed E-state index contributed by atoms with van der Waals surface area (Å²) in [7, 11) is 1.66. The SMILES string of the molecule is CCCN(CC(=O)N(C)CC(=O)Nc1ccccc1Cl)CC1CC1. The Bertz CT molecular complexity index is 575. The van der Waals surface area contributed by atoms with E-state index in [1.54, 1.807) is 31.3 Å². The molecule has 6 heteroatoms. The number of hydrogen-bond donors (Lipinski definition) is 1. The zero-order valence-electron chi connectivity index (χ0n) is 14.4. The van der Waals surface area contributed by atoms with Crippen LogP contribution in [-0.2, 0) is 9.59 Å². The van der Waals surface area contributed by atoms with Crippen molar-refractivity contribution in [1.82, 2.24) is 9.80 Å². The molecule has 1 N–H and O–H groups in total. The maximum atomic E-state index is 12.4. The molecule has 0 aromatic heterocycles. The molecular weight excluding hydrogens is 326 g/mol. The molecule has 24 heavy (non-hydrogen) atoms. The van der Waals surface area contributed by atoms with Crippen LogP contribution in [-0.4, -0.2) is 54.8 Å². The number of carbonyl (C=O) groups excluding carboxylic acids is 2. The number of carbonyl (C=O) groups is 2. The van der Waals surface area contributed by atoms with Gasteiger partial charge in [0.25, 0.3) is 0 Å². The van der Waals surface area contributed by atoms with Crippen LogP contribution < -0.4 is 5.32 Å². The van der Waals surface area contributed by atoms with Crippen LogP contribution in [0.4, 0.5) is 5.69 Å². The molecule has 0 atom stereocenters. The third-order valence-electron chi connectivity index (χ3n) is 4.07. The van der Waals surface area contributed by atoms with Gasteiger partial charge >= 0.3 is 0 Å². The predicted molar refractivity (Wildman–Crippen MR) is 97.2 cm³/mol. The molecule has 2 rings (SSSR count). The summed E-state index contributed by atoms with van der Waals surface area (Å²) in [5.74, 6) is 0.472. The first-order valence-electron chi connectivity index (χ1n) is 8.50. The van der Waals surface area contributed by atoms with Gasteiger partial charge in [-0.3, -0.25) is 14.5 Å². The summed E-state index contributed by atoms with van der Waals surface area (Å²) in [6, 6.07) is 7.06. The minimum absolute atomic E-state index is 0.0213. The van der Waals surface area contributed by atoms with E-state index in [9.17, 15) is 9.59 Å². The molecule has 5 nitrogen and oxygen atoms in total. The molecule has 0 bridgehead atoms. The van der Waals surface area contributed by atoms with Crippen LogP contribution in [0.15, 0.2) is 24.3 Å². The van der Waals surface area contributed by atoms with E-state index in [4.69, 9.17) is 11.6 Å². The zero-order chi connectivity index (χ0) is 17.5. The lowest BCUT2D eigenvalue weighted by molar-refractivity contribution is -0.134. The zero-order valence-corrected chi connectivity index (χ0v) is 15.2. The molecule has 0 unspecified atom stereocenters. The van der Waals surface area contributed by atoms with Gasteiger partial charge < -0.3 is 10.2 Å². The summed E-state index contributed by atoms with van der Waals surface area (Å²) in [5, 5.41) is 3.22. The molecular formula is C18H26ClN3O2. The van der Waals surface area contributed by atoms with Crippen LogP contribution in [0, 0.1) is 5.92 Å². The van der Waals surface area contributed by atoms with Crippen molar-refractivity contribution < 1.29 is 9.59 Å². The normalized spacial score (nSPS) is 13.8. The lowest BCUT2D eigenvalue weighted by atomic mass is 10.3. The largest absolute Gasteiger partial charge is 0.335 e. The number of para-hydroxylation sites is 1. The molecule has 1 fully saturated rings. The number of nitrogens with one attached hydrogen (secondary N) is 1. The van der Waals surface area contributed by atoms with E-state index in [2.05, 4.69) is 17.1 Å². The van der Waals surface area contributed by atoms with Crippen LogP contribution in [0.5, 0.6) is 0 Å². The van der Waals surface area contributed by atoms with Crippen molar-refractivity contribution in [3.05, 3.63) is 29.3 Å². The third-order valence-corrected chi connectivity index (χ3v) is 4.40. The van der Waals surface area contributed by atoms with Gasteiger partial charge in [0.1, 0.15) is 0 Å². The molecule has 0 heterocycles. The van der Waals surface area contributed by atoms with E-state index in [0.717, 1.165) is 25.4 Å². The van der Waals surface area contributed by atoms with E-state index in [1.165, 1.54) is 17.7 Å². The van der Waals surface area contributed by atoms with Gasteiger partial charge in [-0.05, 0) is 43.9 Å². The molecule has 1 aromatic carbocycles. The lowest BCUT2D eigenvalue weighted by Crippen LogP contribution is -2.42. The first-order chi connectivity index (χ1) is 11.5. The summed E-state index contributed by atoms with van der Waals surface area (Å²) in [6.07, 6.45) is 3.56. The average Bonchev–Trinajstić information content (AvgIpc) is 3.33. The highest BCUT2D eigenvalue weighted by molar-refractivity contribution is 6.33. The number of likely N-dealkylation sites (N-methyl/N-ethyl adjacent to an activating group) is 1. The quantitative estimate of drug-likeness (QED) is 0.744. The third kappa shape index (κ3) is 6.13. The molecule has 0 spiro atoms. The van der Waals surface area contributed by atoms with Gasteiger partial charge in [-0.25, -0.2) is 0 Å². The number of halogens is 1. The van der Waals surface area contributed by atoms with Gasteiger partial charge in [-0.2, -0.15) is 0 Å². The summed E-state index contributed by atoms with van der Waals surface area (Å²) >= 11 is 6.02. The van der Waals surface area contributed by atoms with Gasteiger partial charge in [0.15, 0.2) is 0 Å². The van der Waals surface area contributed by atoms with Crippen LogP contribution in [0.1, 0.15) is 26.2 Å². The fraction of sp³-hybridized carbons (Fsp3) is 0.556. The Labute approximate surface area is 149 Å². The van der Waals surface area contributed by atoms with Crippen LogP contribution in [0.3, 0.4) is 0 Å². The monoisotopic (exact) mass is 351 g/mol. The molecule has 1 aromatic rings. The fourth-order valence-corrected chi connectivity index (χ4v) is 2.77. The van der Waals surface area contributed by atoms with E-state index >= 15 is 0 Å². The summed E-state index contributed by atoms with van der Waals surface area (Å²) in [4.78, 5) is 28.1. The smallest absolute Gasteiger partial charge is 0.244 e. The second-order valence-electron chi connectivity index (χ2n) is 6.46. The van der Waals surface area contributed by atoms with Crippen molar-refractivity contribution in [2.75, 3.05) is 38.5 Å². The highest BCUT2D eigenvalue weighted by Crippen LogP contribution is 2.29. The van der Waals surface area contributed by atoms with E-state index in [0.29, 0.717) is 17.3 Å². The molecule has 1 aliphatic carbocycles. The average molecular weight is 352 g/mol. The number of hydrogen-bond acceptors (Lipinski definition) is 3. The Morgan fingerprint density at radius 2 is 1.96 bits per heavy atom. The van der Waals surface area contributed by atoms with Crippen LogP contribution in [0.2, 0.25) is 5.02 Å². The standard InChI is InChI=1S/C18H26ClN3O2/c1-3-10-22(11-14-8-9-14)13-18(24)21(2)12-17(23)20-16-7-5-4-6-15(16)19/h4-7,14H,3,8-13H2,1-2H3,(H,20,23). The van der Waals surface area contributed by atoms with Crippen molar-refractivity contribution in [1.29, 1.82) is 0 Å². The number of amides is 2. The topological polar surface area (TPSA) is 52.7 Å². The predicted octanol–water partition coefficient (Wildman–Crippen LogP) is 2.86. The molecule has 1 aliphatic rings. The molecule has 0 radical (unpaired) electrons. The minimum atomic E-state index is -0.247. The Kier molecular flexibility index (Phi) is 7.06. The second kappa shape index (κ2) is 9.04. The van der Waals surface area contributed by atoms with Crippen LogP contribution in [0.25, 0.3) is 0 Å². The van der Waals surface area contributed by atoms with Gasteiger partial charge in [-0.1, -0.05) is 30.7 Å². The lowest BCUT2D eigenvalue weighted by Gasteiger charge is -2.24. The Balaban J connectivity index is 1.81. The van der Waals surface area contributed by atoms with Gasteiger partial charge in [0.05, 0.1) is 23.8 Å².